The molecule has 1 atom stereocenters. The maximum absolute atomic E-state index is 13.8. The molecule has 2 aromatic rings. The zero-order valence-electron chi connectivity index (χ0n) is 14.0. The molecule has 1 heterocycles. The van der Waals surface area contributed by atoms with Gasteiger partial charge in [-0.05, 0) is 36.5 Å². The van der Waals surface area contributed by atoms with Crippen molar-refractivity contribution in [3.05, 3.63) is 71.5 Å². The van der Waals surface area contributed by atoms with Gasteiger partial charge in [-0.1, -0.05) is 42.5 Å². The molecule has 0 spiro atoms. The average molecular weight is 343 g/mol. The predicted molar refractivity (Wildman–Crippen MR) is 92.6 cm³/mol. The van der Waals surface area contributed by atoms with Crippen molar-refractivity contribution in [1.29, 1.82) is 0 Å². The minimum absolute atomic E-state index is 0.0227. The molecule has 0 saturated carbocycles. The van der Waals surface area contributed by atoms with E-state index in [4.69, 9.17) is 4.74 Å². The number of carbonyl (C=O) groups excluding carboxylic acids is 1. The number of amides is 1. The lowest BCUT2D eigenvalue weighted by Crippen LogP contribution is -2.47. The highest BCUT2D eigenvalue weighted by atomic mass is 19.1. The Morgan fingerprint density at radius 2 is 1.76 bits per heavy atom. The summed E-state index contributed by atoms with van der Waals surface area (Å²) in [7, 11) is 0. The zero-order chi connectivity index (χ0) is 17.7. The highest BCUT2D eigenvalue weighted by Crippen LogP contribution is 2.35. The van der Waals surface area contributed by atoms with Crippen molar-refractivity contribution in [3.8, 4) is 0 Å². The van der Waals surface area contributed by atoms with Crippen LogP contribution in [-0.2, 0) is 10.3 Å². The molecule has 3 rings (SSSR count). The summed E-state index contributed by atoms with van der Waals surface area (Å²) in [5.41, 5.74) is -0.494. The van der Waals surface area contributed by atoms with Crippen LogP contribution in [0.25, 0.3) is 0 Å². The molecule has 1 saturated heterocycles. The van der Waals surface area contributed by atoms with Crippen LogP contribution in [0.2, 0.25) is 0 Å². The molecular weight excluding hydrogens is 321 g/mol. The van der Waals surface area contributed by atoms with Gasteiger partial charge in [-0.25, -0.2) is 4.39 Å². The van der Waals surface area contributed by atoms with Crippen molar-refractivity contribution in [2.24, 2.45) is 5.92 Å². The summed E-state index contributed by atoms with van der Waals surface area (Å²) in [6, 6.07) is 15.1. The van der Waals surface area contributed by atoms with Gasteiger partial charge >= 0.3 is 0 Å². The Hall–Kier alpha value is -2.24. The lowest BCUT2D eigenvalue weighted by molar-refractivity contribution is -0.0680. The average Bonchev–Trinajstić information content (AvgIpc) is 2.67. The minimum atomic E-state index is -1.22. The van der Waals surface area contributed by atoms with Gasteiger partial charge in [0.1, 0.15) is 11.4 Å². The van der Waals surface area contributed by atoms with Crippen LogP contribution in [-0.4, -0.2) is 30.8 Å². The summed E-state index contributed by atoms with van der Waals surface area (Å²) in [5.74, 6) is -1.14. The van der Waals surface area contributed by atoms with E-state index in [0.29, 0.717) is 26.1 Å². The molecule has 1 aliphatic rings. The molecule has 1 fully saturated rings. The van der Waals surface area contributed by atoms with E-state index in [9.17, 15) is 14.3 Å². The molecule has 2 aromatic carbocycles. The summed E-state index contributed by atoms with van der Waals surface area (Å²) in [4.78, 5) is 12.3. The van der Waals surface area contributed by atoms with Crippen molar-refractivity contribution < 1.29 is 19.0 Å². The second kappa shape index (κ2) is 7.76. The van der Waals surface area contributed by atoms with Gasteiger partial charge in [0.05, 0.1) is 12.1 Å². The van der Waals surface area contributed by atoms with Crippen molar-refractivity contribution in [2.75, 3.05) is 19.8 Å². The molecule has 2 N–H and O–H groups in total. The quantitative estimate of drug-likeness (QED) is 0.878. The molecule has 4 nitrogen and oxygen atoms in total. The number of carbonyl (C=O) groups is 1. The molecule has 25 heavy (non-hydrogen) atoms. The van der Waals surface area contributed by atoms with E-state index in [0.717, 1.165) is 5.56 Å². The van der Waals surface area contributed by atoms with Crippen LogP contribution in [0.3, 0.4) is 0 Å². The Balaban J connectivity index is 1.80. The van der Waals surface area contributed by atoms with Gasteiger partial charge in [0.25, 0.3) is 5.91 Å². The number of hydrogen-bond donors (Lipinski definition) is 2. The van der Waals surface area contributed by atoms with Gasteiger partial charge in [-0.15, -0.1) is 0 Å². The molecule has 132 valence electrons. The first-order chi connectivity index (χ1) is 12.1. The standard InChI is InChI=1S/C20H22FNO3/c21-18-9-5-4-8-17(18)19(23)22-14-20(24,15-6-2-1-3-7-15)16-10-12-25-13-11-16/h1-9,16,24H,10-14H2,(H,22,23)/t20-/m1/s1. The third kappa shape index (κ3) is 3.89. The number of halogens is 1. The fourth-order valence-electron chi connectivity index (χ4n) is 3.34. The zero-order valence-corrected chi connectivity index (χ0v) is 14.0. The molecule has 1 amide bonds. The van der Waals surface area contributed by atoms with E-state index in [-0.39, 0.29) is 18.0 Å². The topological polar surface area (TPSA) is 58.6 Å². The van der Waals surface area contributed by atoms with E-state index in [1.54, 1.807) is 6.07 Å². The van der Waals surface area contributed by atoms with Gasteiger partial charge in [0, 0.05) is 13.2 Å². The highest BCUT2D eigenvalue weighted by Gasteiger charge is 2.39. The molecule has 5 heteroatoms. The van der Waals surface area contributed by atoms with Crippen LogP contribution in [0.4, 0.5) is 4.39 Å². The Kier molecular flexibility index (Phi) is 5.46. The maximum Gasteiger partial charge on any atom is 0.254 e. The molecule has 0 aromatic heterocycles. The number of hydrogen-bond acceptors (Lipinski definition) is 3. The number of rotatable bonds is 5. The Morgan fingerprint density at radius 3 is 2.44 bits per heavy atom. The fourth-order valence-corrected chi connectivity index (χ4v) is 3.34. The van der Waals surface area contributed by atoms with Crippen molar-refractivity contribution in [2.45, 2.75) is 18.4 Å². The smallest absolute Gasteiger partial charge is 0.254 e. The maximum atomic E-state index is 13.8. The van der Waals surface area contributed by atoms with Crippen molar-refractivity contribution >= 4 is 5.91 Å². The molecule has 1 aliphatic heterocycles. The molecule has 0 unspecified atom stereocenters. The number of ether oxygens (including phenoxy) is 1. The van der Waals surface area contributed by atoms with Crippen LogP contribution < -0.4 is 5.32 Å². The first kappa shape index (κ1) is 17.6. The molecule has 0 radical (unpaired) electrons. The van der Waals surface area contributed by atoms with Gasteiger partial charge in [0.15, 0.2) is 0 Å². The third-order valence-corrected chi connectivity index (χ3v) is 4.81. The van der Waals surface area contributed by atoms with E-state index in [2.05, 4.69) is 5.32 Å². The molecular formula is C20H22FNO3. The predicted octanol–water partition coefficient (Wildman–Crippen LogP) is 2.87. The highest BCUT2D eigenvalue weighted by molar-refractivity contribution is 5.94. The van der Waals surface area contributed by atoms with Crippen LogP contribution in [0.1, 0.15) is 28.8 Å². The van der Waals surface area contributed by atoms with Crippen molar-refractivity contribution in [3.63, 3.8) is 0 Å². The second-order valence-electron chi connectivity index (χ2n) is 6.34. The van der Waals surface area contributed by atoms with Crippen LogP contribution in [0, 0.1) is 11.7 Å². The SMILES string of the molecule is O=C(NC[C@@](O)(c1ccccc1)C1CCOCC1)c1ccccc1F. The first-order valence-electron chi connectivity index (χ1n) is 8.49. The van der Waals surface area contributed by atoms with Crippen molar-refractivity contribution in [1.82, 2.24) is 5.32 Å². The lowest BCUT2D eigenvalue weighted by Gasteiger charge is -2.39. The van der Waals surface area contributed by atoms with E-state index >= 15 is 0 Å². The van der Waals surface area contributed by atoms with Gasteiger partial charge in [-0.3, -0.25) is 4.79 Å². The van der Waals surface area contributed by atoms with Gasteiger partial charge < -0.3 is 15.2 Å². The van der Waals surface area contributed by atoms with Gasteiger partial charge in [-0.2, -0.15) is 0 Å². The second-order valence-corrected chi connectivity index (χ2v) is 6.34. The first-order valence-corrected chi connectivity index (χ1v) is 8.49. The largest absolute Gasteiger partial charge is 0.383 e. The summed E-state index contributed by atoms with van der Waals surface area (Å²) < 4.78 is 19.2. The number of benzene rings is 2. The summed E-state index contributed by atoms with van der Waals surface area (Å²) in [6.07, 6.45) is 1.42. The lowest BCUT2D eigenvalue weighted by atomic mass is 9.77. The third-order valence-electron chi connectivity index (χ3n) is 4.81. The minimum Gasteiger partial charge on any atom is -0.383 e. The molecule has 0 bridgehead atoms. The van der Waals surface area contributed by atoms with Crippen LogP contribution >= 0.6 is 0 Å². The Morgan fingerprint density at radius 1 is 1.12 bits per heavy atom. The van der Waals surface area contributed by atoms with E-state index < -0.39 is 17.3 Å². The number of nitrogens with one attached hydrogen (secondary N) is 1. The van der Waals surface area contributed by atoms with Crippen LogP contribution in [0.5, 0.6) is 0 Å². The van der Waals surface area contributed by atoms with Crippen LogP contribution in [0.15, 0.2) is 54.6 Å². The normalized spacial score (nSPS) is 17.7. The summed E-state index contributed by atoms with van der Waals surface area (Å²) in [6.45, 7) is 1.19. The molecule has 0 aliphatic carbocycles. The fraction of sp³-hybridized carbons (Fsp3) is 0.350. The van der Waals surface area contributed by atoms with E-state index in [1.165, 1.54) is 18.2 Å². The Labute approximate surface area is 146 Å². The summed E-state index contributed by atoms with van der Waals surface area (Å²) in [5, 5.41) is 14.1. The van der Waals surface area contributed by atoms with Gasteiger partial charge in [0.2, 0.25) is 0 Å². The monoisotopic (exact) mass is 343 g/mol. The number of aliphatic hydroxyl groups is 1. The Bertz CT molecular complexity index is 716. The summed E-state index contributed by atoms with van der Waals surface area (Å²) >= 11 is 0. The van der Waals surface area contributed by atoms with E-state index in [1.807, 2.05) is 30.3 Å².